The van der Waals surface area contributed by atoms with E-state index >= 15 is 0 Å². The second-order valence-corrected chi connectivity index (χ2v) is 6.32. The molecule has 0 unspecified atom stereocenters. The van der Waals surface area contributed by atoms with Crippen molar-refractivity contribution in [2.75, 3.05) is 18.5 Å². The third-order valence-electron chi connectivity index (χ3n) is 4.32. The third-order valence-corrected chi connectivity index (χ3v) is 4.32. The zero-order chi connectivity index (χ0) is 18.5. The fourth-order valence-corrected chi connectivity index (χ4v) is 2.92. The van der Waals surface area contributed by atoms with E-state index in [1.807, 2.05) is 30.3 Å². The van der Waals surface area contributed by atoms with Crippen LogP contribution in [0.3, 0.4) is 0 Å². The fourth-order valence-electron chi connectivity index (χ4n) is 2.92. The summed E-state index contributed by atoms with van der Waals surface area (Å²) in [5.74, 6) is 1.14. The van der Waals surface area contributed by atoms with E-state index in [1.165, 1.54) is 12.1 Å². The molecule has 1 aliphatic rings. The Labute approximate surface area is 156 Å². The summed E-state index contributed by atoms with van der Waals surface area (Å²) in [6.07, 6.45) is 2.12. The molecule has 2 aromatic carbocycles. The molecule has 140 valence electrons. The van der Waals surface area contributed by atoms with Crippen LogP contribution in [0.1, 0.15) is 18.7 Å². The third kappa shape index (κ3) is 4.43. The van der Waals surface area contributed by atoms with Gasteiger partial charge in [0.25, 0.3) is 5.89 Å². The Hall–Kier alpha value is -2.93. The van der Waals surface area contributed by atoms with Gasteiger partial charge < -0.3 is 19.3 Å². The molecule has 0 bridgehead atoms. The second-order valence-electron chi connectivity index (χ2n) is 6.32. The molecule has 0 saturated carbocycles. The molecular formula is C20H20FN3O3. The van der Waals surface area contributed by atoms with E-state index < -0.39 is 0 Å². The summed E-state index contributed by atoms with van der Waals surface area (Å²) in [7, 11) is 0. The minimum atomic E-state index is -0.347. The van der Waals surface area contributed by atoms with E-state index in [0.717, 1.165) is 25.0 Å². The summed E-state index contributed by atoms with van der Waals surface area (Å²) in [4.78, 5) is 4.36. The minimum Gasteiger partial charge on any atom is -0.489 e. The number of hydrogen-bond acceptors (Lipinski definition) is 6. The molecule has 1 saturated heterocycles. The number of halogens is 1. The van der Waals surface area contributed by atoms with Gasteiger partial charge in [0, 0.05) is 18.2 Å². The Morgan fingerprint density at radius 2 is 2.07 bits per heavy atom. The van der Waals surface area contributed by atoms with Gasteiger partial charge in [-0.05, 0) is 37.1 Å². The fraction of sp³-hybridized carbons (Fsp3) is 0.300. The van der Waals surface area contributed by atoms with Crippen molar-refractivity contribution in [3.8, 4) is 17.2 Å². The van der Waals surface area contributed by atoms with Gasteiger partial charge in [-0.1, -0.05) is 23.4 Å². The highest BCUT2D eigenvalue weighted by molar-refractivity contribution is 5.57. The standard InChI is InChI=1S/C20H20FN3O3/c21-15-8-9-18(26-13-16-7-4-10-25-16)17(11-15)22-12-19-23-20(27-24-19)14-5-2-1-3-6-14/h1-3,5-6,8-9,11,16,22H,4,7,10,12-13H2/t16-/m1/s1. The number of anilines is 1. The summed E-state index contributed by atoms with van der Waals surface area (Å²) in [6, 6.07) is 13.9. The number of rotatable bonds is 7. The van der Waals surface area contributed by atoms with Crippen LogP contribution in [0.15, 0.2) is 53.1 Å². The molecule has 1 N–H and O–H groups in total. The molecule has 1 atom stereocenters. The van der Waals surface area contributed by atoms with Gasteiger partial charge in [0.1, 0.15) is 18.2 Å². The first-order valence-electron chi connectivity index (χ1n) is 8.94. The van der Waals surface area contributed by atoms with Crippen LogP contribution in [0.2, 0.25) is 0 Å². The Balaban J connectivity index is 1.41. The van der Waals surface area contributed by atoms with E-state index in [2.05, 4.69) is 15.5 Å². The summed E-state index contributed by atoms with van der Waals surface area (Å²) >= 11 is 0. The number of benzene rings is 2. The van der Waals surface area contributed by atoms with E-state index in [-0.39, 0.29) is 18.5 Å². The van der Waals surface area contributed by atoms with Crippen LogP contribution in [0.4, 0.5) is 10.1 Å². The maximum atomic E-state index is 13.7. The van der Waals surface area contributed by atoms with Crippen molar-refractivity contribution in [3.05, 3.63) is 60.2 Å². The first kappa shape index (κ1) is 17.5. The lowest BCUT2D eigenvalue weighted by atomic mass is 10.2. The average Bonchev–Trinajstić information content (AvgIpc) is 3.38. The van der Waals surface area contributed by atoms with Crippen LogP contribution < -0.4 is 10.1 Å². The van der Waals surface area contributed by atoms with Crippen molar-refractivity contribution in [3.63, 3.8) is 0 Å². The molecule has 0 spiro atoms. The van der Waals surface area contributed by atoms with Crippen molar-refractivity contribution in [1.82, 2.24) is 10.1 Å². The molecular weight excluding hydrogens is 349 g/mol. The lowest BCUT2D eigenvalue weighted by molar-refractivity contribution is 0.0682. The summed E-state index contributed by atoms with van der Waals surface area (Å²) in [5.41, 5.74) is 1.39. The molecule has 0 amide bonds. The number of nitrogens with zero attached hydrogens (tertiary/aromatic N) is 2. The van der Waals surface area contributed by atoms with Crippen LogP contribution in [0.25, 0.3) is 11.5 Å². The minimum absolute atomic E-state index is 0.0912. The van der Waals surface area contributed by atoms with Crippen LogP contribution >= 0.6 is 0 Å². The molecule has 27 heavy (non-hydrogen) atoms. The Kier molecular flexibility index (Phi) is 5.29. The van der Waals surface area contributed by atoms with Crippen molar-refractivity contribution >= 4 is 5.69 Å². The molecule has 1 aliphatic heterocycles. The van der Waals surface area contributed by atoms with Gasteiger partial charge >= 0.3 is 0 Å². The maximum Gasteiger partial charge on any atom is 0.257 e. The van der Waals surface area contributed by atoms with Crippen molar-refractivity contribution < 1.29 is 18.4 Å². The van der Waals surface area contributed by atoms with Gasteiger partial charge in [-0.15, -0.1) is 0 Å². The molecule has 0 aliphatic carbocycles. The molecule has 4 rings (SSSR count). The lowest BCUT2D eigenvalue weighted by Crippen LogP contribution is -2.17. The molecule has 1 fully saturated rings. The van der Waals surface area contributed by atoms with E-state index in [0.29, 0.717) is 29.8 Å². The van der Waals surface area contributed by atoms with Crippen molar-refractivity contribution in [2.45, 2.75) is 25.5 Å². The van der Waals surface area contributed by atoms with Crippen LogP contribution in [-0.2, 0) is 11.3 Å². The molecule has 2 heterocycles. The topological polar surface area (TPSA) is 69.4 Å². The normalized spacial score (nSPS) is 16.4. The van der Waals surface area contributed by atoms with E-state index in [9.17, 15) is 4.39 Å². The van der Waals surface area contributed by atoms with Gasteiger partial charge in [0.05, 0.1) is 18.3 Å². The molecule has 6 nitrogen and oxygen atoms in total. The van der Waals surface area contributed by atoms with E-state index in [1.54, 1.807) is 6.07 Å². The average molecular weight is 369 g/mol. The first-order valence-corrected chi connectivity index (χ1v) is 8.94. The number of nitrogens with one attached hydrogen (secondary N) is 1. The highest BCUT2D eigenvalue weighted by Gasteiger charge is 2.17. The van der Waals surface area contributed by atoms with Gasteiger partial charge in [-0.25, -0.2) is 4.39 Å². The number of aromatic nitrogens is 2. The van der Waals surface area contributed by atoms with Crippen LogP contribution in [-0.4, -0.2) is 29.5 Å². The maximum absolute atomic E-state index is 13.7. The van der Waals surface area contributed by atoms with Crippen molar-refractivity contribution in [1.29, 1.82) is 0 Å². The monoisotopic (exact) mass is 369 g/mol. The molecule has 3 aromatic rings. The molecule has 1 aromatic heterocycles. The summed E-state index contributed by atoms with van der Waals surface area (Å²) < 4.78 is 30.3. The van der Waals surface area contributed by atoms with Gasteiger partial charge in [-0.3, -0.25) is 0 Å². The highest BCUT2D eigenvalue weighted by atomic mass is 19.1. The van der Waals surface area contributed by atoms with Crippen LogP contribution in [0, 0.1) is 5.82 Å². The zero-order valence-corrected chi connectivity index (χ0v) is 14.7. The Morgan fingerprint density at radius 3 is 2.89 bits per heavy atom. The highest BCUT2D eigenvalue weighted by Crippen LogP contribution is 2.27. The Morgan fingerprint density at radius 1 is 1.19 bits per heavy atom. The summed E-state index contributed by atoms with van der Waals surface area (Å²) in [6.45, 7) is 1.50. The molecule has 7 heteroatoms. The van der Waals surface area contributed by atoms with E-state index in [4.69, 9.17) is 14.0 Å². The smallest absolute Gasteiger partial charge is 0.257 e. The second kappa shape index (κ2) is 8.18. The van der Waals surface area contributed by atoms with Gasteiger partial charge in [0.2, 0.25) is 0 Å². The predicted octanol–water partition coefficient (Wildman–Crippen LogP) is 4.05. The lowest BCUT2D eigenvalue weighted by Gasteiger charge is -2.15. The van der Waals surface area contributed by atoms with Crippen LogP contribution in [0.5, 0.6) is 5.75 Å². The molecule has 0 radical (unpaired) electrons. The number of ether oxygens (including phenoxy) is 2. The van der Waals surface area contributed by atoms with Gasteiger partial charge in [0.15, 0.2) is 5.82 Å². The zero-order valence-electron chi connectivity index (χ0n) is 14.7. The number of hydrogen-bond donors (Lipinski definition) is 1. The first-order chi connectivity index (χ1) is 13.3. The largest absolute Gasteiger partial charge is 0.489 e. The van der Waals surface area contributed by atoms with Gasteiger partial charge in [-0.2, -0.15) is 4.98 Å². The Bertz CT molecular complexity index is 879. The predicted molar refractivity (Wildman–Crippen MR) is 97.9 cm³/mol. The quantitative estimate of drug-likeness (QED) is 0.678. The van der Waals surface area contributed by atoms with Crippen molar-refractivity contribution in [2.24, 2.45) is 0 Å². The SMILES string of the molecule is Fc1ccc(OC[C@H]2CCCO2)c(NCc2noc(-c3ccccc3)n2)c1. The summed E-state index contributed by atoms with van der Waals surface area (Å²) in [5, 5.41) is 7.09.